The van der Waals surface area contributed by atoms with E-state index in [1.54, 1.807) is 0 Å². The molecule has 2 heteroatoms. The fourth-order valence-electron chi connectivity index (χ4n) is 2.01. The summed E-state index contributed by atoms with van der Waals surface area (Å²) in [6.45, 7) is 1.03. The van der Waals surface area contributed by atoms with Crippen LogP contribution < -0.4 is 9.13 Å². The predicted octanol–water partition coefficient (Wildman–Crippen LogP) is 2.27. The second kappa shape index (κ2) is 6.70. The van der Waals surface area contributed by atoms with Crippen LogP contribution in [0.3, 0.4) is 0 Å². The Labute approximate surface area is 115 Å². The highest BCUT2D eigenvalue weighted by molar-refractivity contribution is 5.60. The number of pyridine rings is 2. The van der Waals surface area contributed by atoms with Crippen molar-refractivity contribution in [1.29, 1.82) is 0 Å². The quantitative estimate of drug-likeness (QED) is 0.438. The van der Waals surface area contributed by atoms with Gasteiger partial charge in [0.15, 0.2) is 24.8 Å². The Balaban J connectivity index is 1.98. The maximum absolute atomic E-state index is 5.24. The van der Waals surface area contributed by atoms with E-state index in [-0.39, 0.29) is 0 Å². The van der Waals surface area contributed by atoms with Gasteiger partial charge >= 0.3 is 0 Å². The predicted molar refractivity (Wildman–Crippen MR) is 75.9 cm³/mol. The van der Waals surface area contributed by atoms with Crippen molar-refractivity contribution in [1.82, 2.24) is 0 Å². The zero-order chi connectivity index (χ0) is 13.5. The van der Waals surface area contributed by atoms with Crippen molar-refractivity contribution in [3.05, 3.63) is 49.1 Å². The number of aryl methyl sites for hydroxylation is 2. The van der Waals surface area contributed by atoms with E-state index in [1.807, 2.05) is 11.6 Å². The number of terminal acetylenes is 1. The summed E-state index contributed by atoms with van der Waals surface area (Å²) in [7, 11) is 2.03. The molecular weight excluding hydrogens is 232 g/mol. The van der Waals surface area contributed by atoms with Crippen LogP contribution in [0.4, 0.5) is 0 Å². The van der Waals surface area contributed by atoms with E-state index in [4.69, 9.17) is 6.42 Å². The van der Waals surface area contributed by atoms with Crippen LogP contribution >= 0.6 is 0 Å². The topological polar surface area (TPSA) is 7.76 Å². The molecule has 19 heavy (non-hydrogen) atoms. The van der Waals surface area contributed by atoms with Gasteiger partial charge in [-0.05, 0) is 17.5 Å². The van der Waals surface area contributed by atoms with Gasteiger partial charge in [0.05, 0.1) is 0 Å². The first-order valence-electron chi connectivity index (χ1n) is 6.68. The van der Waals surface area contributed by atoms with Crippen LogP contribution in [0, 0.1) is 12.3 Å². The molecule has 2 nitrogen and oxygen atoms in total. The highest BCUT2D eigenvalue weighted by Gasteiger charge is 2.03. The normalized spacial score (nSPS) is 10.1. The van der Waals surface area contributed by atoms with Gasteiger partial charge in [-0.1, -0.05) is 0 Å². The Bertz CT molecular complexity index is 547. The van der Waals surface area contributed by atoms with Gasteiger partial charge in [0.25, 0.3) is 0 Å². The van der Waals surface area contributed by atoms with Gasteiger partial charge in [-0.2, -0.15) is 0 Å². The van der Waals surface area contributed by atoms with E-state index in [9.17, 15) is 0 Å². The summed E-state index contributed by atoms with van der Waals surface area (Å²) in [5.74, 6) is 2.68. The molecule has 2 aromatic rings. The molecule has 0 spiro atoms. The molecule has 0 fully saturated rings. The monoisotopic (exact) mass is 252 g/mol. The standard InChI is InChI=1S/C17H20N2/c1-3-4-5-6-11-19-14-9-17(10-15-19)16-7-12-18(2)13-8-16/h1,7-10,12-15H,4-6,11H2,2H3/q+2. The maximum atomic E-state index is 5.24. The average molecular weight is 252 g/mol. The zero-order valence-electron chi connectivity index (χ0n) is 11.4. The fraction of sp³-hybridized carbons (Fsp3) is 0.294. The second-order valence-electron chi connectivity index (χ2n) is 4.74. The van der Waals surface area contributed by atoms with Crippen molar-refractivity contribution in [2.45, 2.75) is 25.8 Å². The first-order valence-corrected chi connectivity index (χ1v) is 6.68. The number of hydrogen-bond donors (Lipinski definition) is 0. The van der Waals surface area contributed by atoms with E-state index in [0.717, 1.165) is 25.8 Å². The number of aromatic nitrogens is 2. The van der Waals surface area contributed by atoms with Gasteiger partial charge in [0, 0.05) is 37.1 Å². The van der Waals surface area contributed by atoms with E-state index < -0.39 is 0 Å². The summed E-state index contributed by atoms with van der Waals surface area (Å²) >= 11 is 0. The van der Waals surface area contributed by atoms with Crippen LogP contribution in [0.5, 0.6) is 0 Å². The molecule has 0 N–H and O–H groups in total. The third-order valence-corrected chi connectivity index (χ3v) is 3.19. The molecule has 2 heterocycles. The summed E-state index contributed by atoms with van der Waals surface area (Å²) in [5.41, 5.74) is 2.50. The molecule has 0 aliphatic heterocycles. The molecule has 2 rings (SSSR count). The van der Waals surface area contributed by atoms with Gasteiger partial charge in [-0.3, -0.25) is 0 Å². The summed E-state index contributed by atoms with van der Waals surface area (Å²) in [4.78, 5) is 0. The zero-order valence-corrected chi connectivity index (χ0v) is 11.4. The first kappa shape index (κ1) is 13.3. The van der Waals surface area contributed by atoms with Crippen LogP contribution in [0.25, 0.3) is 11.1 Å². The summed E-state index contributed by atoms with van der Waals surface area (Å²) in [6.07, 6.45) is 16.8. The van der Waals surface area contributed by atoms with Gasteiger partial charge in [-0.15, -0.1) is 12.3 Å². The van der Waals surface area contributed by atoms with Crippen molar-refractivity contribution in [3.63, 3.8) is 0 Å². The number of unbranched alkanes of at least 4 members (excludes halogenated alkanes) is 2. The molecule has 0 radical (unpaired) electrons. The van der Waals surface area contributed by atoms with Crippen LogP contribution in [0.1, 0.15) is 19.3 Å². The Morgan fingerprint density at radius 1 is 0.947 bits per heavy atom. The third kappa shape index (κ3) is 3.93. The minimum absolute atomic E-state index is 0.875. The molecule has 0 aromatic carbocycles. The van der Waals surface area contributed by atoms with Gasteiger partial charge in [0.2, 0.25) is 0 Å². The largest absolute Gasteiger partial charge is 0.208 e. The van der Waals surface area contributed by atoms with E-state index in [2.05, 4.69) is 59.5 Å². The molecule has 0 amide bonds. The van der Waals surface area contributed by atoms with Gasteiger partial charge < -0.3 is 0 Å². The highest BCUT2D eigenvalue weighted by atomic mass is 14.9. The van der Waals surface area contributed by atoms with Gasteiger partial charge in [0.1, 0.15) is 13.6 Å². The summed E-state index contributed by atoms with van der Waals surface area (Å²) in [6, 6.07) is 8.59. The van der Waals surface area contributed by atoms with Crippen molar-refractivity contribution in [3.8, 4) is 23.5 Å². The van der Waals surface area contributed by atoms with Crippen molar-refractivity contribution in [2.24, 2.45) is 7.05 Å². The lowest BCUT2D eigenvalue weighted by Crippen LogP contribution is -2.32. The molecule has 0 aliphatic carbocycles. The van der Waals surface area contributed by atoms with Gasteiger partial charge in [-0.25, -0.2) is 9.13 Å². The Morgan fingerprint density at radius 3 is 2.11 bits per heavy atom. The smallest absolute Gasteiger partial charge is 0.169 e. The minimum atomic E-state index is 0.875. The molecule has 0 saturated heterocycles. The van der Waals surface area contributed by atoms with E-state index in [1.165, 1.54) is 11.1 Å². The number of rotatable bonds is 5. The van der Waals surface area contributed by atoms with Crippen LogP contribution in [-0.2, 0) is 13.6 Å². The van der Waals surface area contributed by atoms with Crippen LogP contribution in [-0.4, -0.2) is 0 Å². The third-order valence-electron chi connectivity index (χ3n) is 3.19. The fourth-order valence-corrected chi connectivity index (χ4v) is 2.01. The first-order chi connectivity index (χ1) is 9.29. The van der Waals surface area contributed by atoms with Crippen molar-refractivity contribution < 1.29 is 9.13 Å². The van der Waals surface area contributed by atoms with Crippen LogP contribution in [0.15, 0.2) is 49.1 Å². The molecule has 0 atom stereocenters. The molecule has 2 aromatic heterocycles. The lowest BCUT2D eigenvalue weighted by molar-refractivity contribution is -0.697. The Kier molecular flexibility index (Phi) is 4.69. The molecule has 96 valence electrons. The molecule has 0 bridgehead atoms. The molecule has 0 saturated carbocycles. The van der Waals surface area contributed by atoms with Crippen LogP contribution in [0.2, 0.25) is 0 Å². The second-order valence-corrected chi connectivity index (χ2v) is 4.74. The highest BCUT2D eigenvalue weighted by Crippen LogP contribution is 2.15. The Hall–Kier alpha value is -2.14. The average Bonchev–Trinajstić information content (AvgIpc) is 2.45. The summed E-state index contributed by atoms with van der Waals surface area (Å²) < 4.78 is 4.25. The minimum Gasteiger partial charge on any atom is -0.208 e. The lowest BCUT2D eigenvalue weighted by Gasteiger charge is -2.00. The molecule has 0 aliphatic rings. The van der Waals surface area contributed by atoms with E-state index in [0.29, 0.717) is 0 Å². The lowest BCUT2D eigenvalue weighted by atomic mass is 10.1. The number of nitrogens with zero attached hydrogens (tertiary/aromatic N) is 2. The Morgan fingerprint density at radius 2 is 1.53 bits per heavy atom. The van der Waals surface area contributed by atoms with Crippen molar-refractivity contribution in [2.75, 3.05) is 0 Å². The molecular formula is C17H20N2+2. The molecule has 0 unspecified atom stereocenters. The SMILES string of the molecule is C#CCCCC[n+]1ccc(-c2cc[n+](C)cc2)cc1. The maximum Gasteiger partial charge on any atom is 0.169 e. The van der Waals surface area contributed by atoms with E-state index >= 15 is 0 Å². The van der Waals surface area contributed by atoms with Crippen molar-refractivity contribution >= 4 is 0 Å². The number of hydrogen-bond acceptors (Lipinski definition) is 0. The summed E-state index contributed by atoms with van der Waals surface area (Å²) in [5, 5.41) is 0.